The minimum absolute atomic E-state index is 0.0246. The van der Waals surface area contributed by atoms with Crippen molar-refractivity contribution in [3.63, 3.8) is 0 Å². The second kappa shape index (κ2) is 19.9. The van der Waals surface area contributed by atoms with Gasteiger partial charge in [0.2, 0.25) is 0 Å². The molecular weight excluding hydrogens is 968 g/mol. The van der Waals surface area contributed by atoms with Crippen LogP contribution in [-0.2, 0) is 29.0 Å². The lowest BCUT2D eigenvalue weighted by atomic mass is 9.74. The second-order valence-electron chi connectivity index (χ2n) is 20.0. The Hall–Kier alpha value is -5.80. The molecule has 4 heterocycles. The average molecular weight is 1030 g/mol. The van der Waals surface area contributed by atoms with Gasteiger partial charge in [-0.2, -0.15) is 31.6 Å². The molecule has 1 spiro atoms. The van der Waals surface area contributed by atoms with E-state index in [1.807, 2.05) is 0 Å². The Kier molecular flexibility index (Phi) is 14.9. The van der Waals surface area contributed by atoms with Gasteiger partial charge in [-0.3, -0.25) is 24.2 Å². The van der Waals surface area contributed by atoms with Crippen LogP contribution in [0, 0.1) is 11.3 Å². The van der Waals surface area contributed by atoms with E-state index >= 15 is 0 Å². The summed E-state index contributed by atoms with van der Waals surface area (Å²) in [4.78, 5) is 55.7. The molecule has 3 amide bonds. The monoisotopic (exact) mass is 1030 g/mol. The van der Waals surface area contributed by atoms with Crippen molar-refractivity contribution in [1.82, 2.24) is 9.99 Å². The highest BCUT2D eigenvalue weighted by Crippen LogP contribution is 2.60. The van der Waals surface area contributed by atoms with Crippen LogP contribution in [0.1, 0.15) is 150 Å². The molecular formula is C52H58F6N5O8P. The number of esters is 1. The van der Waals surface area contributed by atoms with Crippen molar-refractivity contribution < 1.29 is 64.0 Å². The van der Waals surface area contributed by atoms with Crippen LogP contribution in [0.5, 0.6) is 11.5 Å². The van der Waals surface area contributed by atoms with Crippen LogP contribution in [0.4, 0.5) is 37.7 Å². The number of carbonyl (C=O) groups is 4. The molecule has 0 aliphatic carbocycles. The van der Waals surface area contributed by atoms with E-state index in [9.17, 15) is 45.5 Å². The Labute approximate surface area is 416 Å². The summed E-state index contributed by atoms with van der Waals surface area (Å²) >= 11 is 0. The first-order valence-electron chi connectivity index (χ1n) is 23.7. The molecule has 4 aliphatic heterocycles. The largest absolute Gasteiger partial charge is 0.471 e. The van der Waals surface area contributed by atoms with Gasteiger partial charge in [-0.15, -0.1) is 0 Å². The van der Waals surface area contributed by atoms with E-state index in [4.69, 9.17) is 23.8 Å². The van der Waals surface area contributed by atoms with Crippen LogP contribution in [0.15, 0.2) is 54.6 Å². The van der Waals surface area contributed by atoms with Gasteiger partial charge in [0.1, 0.15) is 11.5 Å². The predicted octanol–water partition coefficient (Wildman–Crippen LogP) is 12.0. The lowest BCUT2D eigenvalue weighted by molar-refractivity contribution is -0.171. The summed E-state index contributed by atoms with van der Waals surface area (Å²) in [6, 6.07) is 12.1. The average Bonchev–Trinajstić information content (AvgIpc) is 3.55. The summed E-state index contributed by atoms with van der Waals surface area (Å²) in [5.74, 6) is -6.09. The van der Waals surface area contributed by atoms with E-state index in [1.54, 1.807) is 13.8 Å². The van der Waals surface area contributed by atoms with Crippen molar-refractivity contribution in [2.24, 2.45) is 0 Å². The summed E-state index contributed by atoms with van der Waals surface area (Å²) in [6.45, 7) is 18.2. The van der Waals surface area contributed by atoms with Crippen LogP contribution in [0.2, 0.25) is 0 Å². The summed E-state index contributed by atoms with van der Waals surface area (Å²) in [7, 11) is -1.37. The molecule has 72 heavy (non-hydrogen) atoms. The lowest BCUT2D eigenvalue weighted by Crippen LogP contribution is -2.54. The number of unbranched alkanes of at least 4 members (excludes halogenated alkanes) is 3. The van der Waals surface area contributed by atoms with Gasteiger partial charge in [-0.1, -0.05) is 25.0 Å². The maximum atomic E-state index is 14.3. The van der Waals surface area contributed by atoms with Crippen molar-refractivity contribution in [3.05, 3.63) is 93.6 Å². The van der Waals surface area contributed by atoms with Crippen molar-refractivity contribution in [2.45, 2.75) is 142 Å². The zero-order valence-corrected chi connectivity index (χ0v) is 42.7. The minimum Gasteiger partial charge on any atom is -0.456 e. The number of carbonyl (C=O) groups excluding carboxylic acids is 4. The second-order valence-corrected chi connectivity index (χ2v) is 21.4. The molecule has 1 N–H and O–H groups in total. The maximum Gasteiger partial charge on any atom is 0.471 e. The molecule has 0 bridgehead atoms. The molecule has 3 aromatic carbocycles. The van der Waals surface area contributed by atoms with Gasteiger partial charge in [-0.25, -0.2) is 9.46 Å². The zero-order chi connectivity index (χ0) is 53.0. The standard InChI is InChI=1S/C52H58F6N5O8P/c1-29(2)63(30(3)4)72(69-21-15-18-59)68-20-14-12-11-13-19-60-44(64)33-16-17-34-37(22-33)50(71-45(34)65)38-23-35-31(5)27-48(7,8)61(46(66)51(53,54)55)40(35)25-42(38)70-43-26-41-36(24-39(43)50)32(6)28-49(9,10)62(41)47(67)52(56,57)58/h16-17,22-30H,11-15,19-21H2,1-10H3,(H,60,64). The van der Waals surface area contributed by atoms with Gasteiger partial charge < -0.3 is 23.8 Å². The zero-order valence-electron chi connectivity index (χ0n) is 41.8. The third-order valence-corrected chi connectivity index (χ3v) is 15.1. The molecule has 386 valence electrons. The van der Waals surface area contributed by atoms with E-state index < -0.39 is 61.2 Å². The minimum atomic E-state index is -5.31. The van der Waals surface area contributed by atoms with E-state index in [-0.39, 0.29) is 93.5 Å². The van der Waals surface area contributed by atoms with Gasteiger partial charge in [0.25, 0.3) is 14.4 Å². The summed E-state index contributed by atoms with van der Waals surface area (Å²) in [5, 5.41) is 11.9. The highest BCUT2D eigenvalue weighted by Gasteiger charge is 2.57. The van der Waals surface area contributed by atoms with Crippen LogP contribution in [0.25, 0.3) is 11.1 Å². The summed E-state index contributed by atoms with van der Waals surface area (Å²) in [6.07, 6.45) is -4.48. The number of nitrogens with one attached hydrogen (secondary N) is 1. The van der Waals surface area contributed by atoms with E-state index in [1.165, 1.54) is 82.3 Å². The molecule has 1 unspecified atom stereocenters. The number of allylic oxidation sites excluding steroid dienone is 2. The number of anilines is 2. The Morgan fingerprint density at radius 1 is 0.736 bits per heavy atom. The normalized spacial score (nSPS) is 17.5. The third-order valence-electron chi connectivity index (χ3n) is 13.0. The Morgan fingerprint density at radius 3 is 1.72 bits per heavy atom. The van der Waals surface area contributed by atoms with Crippen molar-refractivity contribution in [3.8, 4) is 17.6 Å². The number of fused-ring (bicyclic) bond motifs is 8. The number of benzene rings is 3. The summed E-state index contributed by atoms with van der Waals surface area (Å²) < 4.78 is 113. The molecule has 0 saturated heterocycles. The van der Waals surface area contributed by atoms with Gasteiger partial charge >= 0.3 is 30.1 Å². The first-order valence-corrected chi connectivity index (χ1v) is 24.8. The Balaban J connectivity index is 1.24. The number of ether oxygens (including phenoxy) is 2. The summed E-state index contributed by atoms with van der Waals surface area (Å²) in [5.41, 5.74) is -3.72. The van der Waals surface area contributed by atoms with Crippen LogP contribution < -0.4 is 19.9 Å². The molecule has 3 aromatic rings. The predicted molar refractivity (Wildman–Crippen MR) is 259 cm³/mol. The smallest absolute Gasteiger partial charge is 0.456 e. The highest BCUT2D eigenvalue weighted by atomic mass is 31.2. The molecule has 0 fully saturated rings. The number of nitriles is 1. The van der Waals surface area contributed by atoms with E-state index in [0.717, 1.165) is 19.3 Å². The van der Waals surface area contributed by atoms with Gasteiger partial charge in [0, 0.05) is 64.1 Å². The molecule has 13 nitrogen and oxygen atoms in total. The fraction of sp³-hybridized carbons (Fsp3) is 0.481. The van der Waals surface area contributed by atoms with E-state index in [0.29, 0.717) is 34.0 Å². The Bertz CT molecular complexity index is 2670. The quantitative estimate of drug-likeness (QED) is 0.0674. The molecule has 0 saturated carbocycles. The first kappa shape index (κ1) is 54.0. The highest BCUT2D eigenvalue weighted by molar-refractivity contribution is 7.44. The molecule has 1 atom stereocenters. The molecule has 0 radical (unpaired) electrons. The number of hydrogen-bond donors (Lipinski definition) is 1. The van der Waals surface area contributed by atoms with Crippen molar-refractivity contribution in [1.29, 1.82) is 5.26 Å². The number of rotatable bonds is 15. The fourth-order valence-corrected chi connectivity index (χ4v) is 11.9. The van der Waals surface area contributed by atoms with Crippen LogP contribution in [-0.4, -0.2) is 83.6 Å². The molecule has 4 aliphatic rings. The van der Waals surface area contributed by atoms with E-state index in [2.05, 4.69) is 43.8 Å². The maximum absolute atomic E-state index is 14.3. The van der Waals surface area contributed by atoms with Crippen LogP contribution >= 0.6 is 8.53 Å². The SMILES string of the molecule is CC1=CC(C)(C)N(C(=O)C(F)(F)F)c2cc3c(cc21)C1(OC(=O)c2ccc(C(=O)NCCCCCCOP(OCCC#N)N(C(C)C)C(C)C)cc21)c1cc2c(cc1O3)N(C(=O)C(F)(F)F)C(C)(C)C=C2C. The van der Waals surface area contributed by atoms with Gasteiger partial charge in [0.15, 0.2) is 5.60 Å². The van der Waals surface area contributed by atoms with Crippen LogP contribution in [0.3, 0.4) is 0 Å². The number of alkyl halides is 6. The molecule has 7 rings (SSSR count). The van der Waals surface area contributed by atoms with Crippen molar-refractivity contribution in [2.75, 3.05) is 29.6 Å². The molecule has 20 heteroatoms. The topological polar surface area (TPSA) is 151 Å². The molecule has 0 aromatic heterocycles. The number of hydrogen-bond acceptors (Lipinski definition) is 10. The number of nitrogens with zero attached hydrogens (tertiary/aromatic N) is 4. The first-order chi connectivity index (χ1) is 33.6. The van der Waals surface area contributed by atoms with Gasteiger partial charge in [0.05, 0.1) is 53.7 Å². The van der Waals surface area contributed by atoms with Gasteiger partial charge in [-0.05, 0) is 124 Å². The Morgan fingerprint density at radius 2 is 1.24 bits per heavy atom. The number of halogens is 6. The van der Waals surface area contributed by atoms with Crippen molar-refractivity contribution >= 4 is 54.7 Å². The number of amides is 3. The lowest BCUT2D eigenvalue weighted by Gasteiger charge is -2.45. The fourth-order valence-electron chi connectivity index (χ4n) is 10.2. The third kappa shape index (κ3) is 9.99.